The van der Waals surface area contributed by atoms with Gasteiger partial charge in [-0.2, -0.15) is 8.42 Å². The number of carbonyl (C=O) groups excluding carboxylic acids is 1. The van der Waals surface area contributed by atoms with E-state index in [1.165, 1.54) is 19.2 Å². The highest BCUT2D eigenvalue weighted by Gasteiger charge is 2.44. The molecule has 5 nitrogen and oxygen atoms in total. The Morgan fingerprint density at radius 2 is 2.17 bits per heavy atom. The molecule has 0 saturated carbocycles. The third-order valence-electron chi connectivity index (χ3n) is 2.69. The van der Waals surface area contributed by atoms with Crippen LogP contribution < -0.4 is 4.74 Å². The lowest BCUT2D eigenvalue weighted by molar-refractivity contribution is -0.137. The van der Waals surface area contributed by atoms with E-state index in [0.29, 0.717) is 9.87 Å². The van der Waals surface area contributed by atoms with Gasteiger partial charge in [0, 0.05) is 10.7 Å². The van der Waals surface area contributed by atoms with Gasteiger partial charge in [0.05, 0.1) is 19.6 Å². The minimum Gasteiger partial charge on any atom is -0.494 e. The maximum Gasteiger partial charge on any atom is 0.324 e. The Balaban J connectivity index is 2.34. The molecule has 1 aromatic rings. The highest BCUT2D eigenvalue weighted by atomic mass is 35.7. The largest absolute Gasteiger partial charge is 0.494 e. The van der Waals surface area contributed by atoms with Crippen molar-refractivity contribution in [3.05, 3.63) is 29.6 Å². The predicted molar refractivity (Wildman–Crippen MR) is 61.9 cm³/mol. The number of hydrogen-bond acceptors (Lipinski definition) is 4. The van der Waals surface area contributed by atoms with Gasteiger partial charge >= 0.3 is 9.24 Å². The highest BCUT2D eigenvalue weighted by Crippen LogP contribution is 2.39. The third kappa shape index (κ3) is 2.15. The number of carbonyl (C=O) groups is 1. The second kappa shape index (κ2) is 4.40. The summed E-state index contributed by atoms with van der Waals surface area (Å²) in [5.41, 5.74) is 0.358. The molecule has 1 atom stereocenters. The maximum absolute atomic E-state index is 13.5. The van der Waals surface area contributed by atoms with E-state index < -0.39 is 27.0 Å². The van der Waals surface area contributed by atoms with Crippen LogP contribution in [0.1, 0.15) is 18.0 Å². The first kappa shape index (κ1) is 13.1. The van der Waals surface area contributed by atoms with Crippen molar-refractivity contribution in [3.8, 4) is 5.75 Å². The van der Waals surface area contributed by atoms with Crippen LogP contribution in [0, 0.1) is 5.82 Å². The molecule has 1 aliphatic rings. The molecule has 0 N–H and O–H groups in total. The summed E-state index contributed by atoms with van der Waals surface area (Å²) in [5, 5.41) is 0. The molecule has 98 valence electrons. The van der Waals surface area contributed by atoms with Crippen LogP contribution in [0.3, 0.4) is 0 Å². The standard InChI is InChI=1S/C10H9ClFNO4S/c1-17-9-3-2-6(4-7(9)12)8-5-10(14)13(8)18(11,15)16/h2-4,8H,5H2,1H3. The van der Waals surface area contributed by atoms with Gasteiger partial charge in [-0.25, -0.2) is 8.70 Å². The van der Waals surface area contributed by atoms with Crippen molar-refractivity contribution in [2.75, 3.05) is 7.11 Å². The van der Waals surface area contributed by atoms with Crippen LogP contribution in [0.25, 0.3) is 0 Å². The molecular formula is C10H9ClFNO4S. The number of ether oxygens (including phenoxy) is 1. The fraction of sp³-hybridized carbons (Fsp3) is 0.300. The van der Waals surface area contributed by atoms with Gasteiger partial charge < -0.3 is 4.74 Å². The first-order chi connectivity index (χ1) is 8.34. The van der Waals surface area contributed by atoms with Crippen molar-refractivity contribution >= 4 is 25.8 Å². The number of hydrogen-bond donors (Lipinski definition) is 0. The fourth-order valence-corrected chi connectivity index (χ4v) is 3.15. The average Bonchev–Trinajstić information content (AvgIpc) is 2.23. The number of amides is 1. The van der Waals surface area contributed by atoms with Gasteiger partial charge in [-0.05, 0) is 17.7 Å². The van der Waals surface area contributed by atoms with Gasteiger partial charge in [0.1, 0.15) is 0 Å². The SMILES string of the molecule is COc1ccc(C2CC(=O)N2S(=O)(=O)Cl)cc1F. The summed E-state index contributed by atoms with van der Waals surface area (Å²) < 4.78 is 41.1. The van der Waals surface area contributed by atoms with Crippen molar-refractivity contribution < 1.29 is 22.3 Å². The van der Waals surface area contributed by atoms with E-state index in [-0.39, 0.29) is 12.2 Å². The van der Waals surface area contributed by atoms with Crippen molar-refractivity contribution in [2.24, 2.45) is 0 Å². The van der Waals surface area contributed by atoms with Crippen LogP contribution in [0.4, 0.5) is 4.39 Å². The summed E-state index contributed by atoms with van der Waals surface area (Å²) >= 11 is 0. The second-order valence-corrected chi connectivity index (χ2v) is 6.13. The molecule has 1 saturated heterocycles. The minimum absolute atomic E-state index is 0.0162. The Labute approximate surface area is 108 Å². The quantitative estimate of drug-likeness (QED) is 0.627. The molecule has 2 rings (SSSR count). The lowest BCUT2D eigenvalue weighted by atomic mass is 9.97. The molecule has 0 bridgehead atoms. The van der Waals surface area contributed by atoms with E-state index in [0.717, 1.165) is 6.07 Å². The number of β-lactam (4-membered cyclic amide) rings is 1. The smallest absolute Gasteiger partial charge is 0.324 e. The van der Waals surface area contributed by atoms with Crippen LogP contribution in [-0.2, 0) is 14.0 Å². The molecule has 0 aromatic heterocycles. The average molecular weight is 294 g/mol. The molecule has 8 heteroatoms. The Hall–Kier alpha value is -1.34. The highest BCUT2D eigenvalue weighted by molar-refractivity contribution is 8.12. The number of methoxy groups -OCH3 is 1. The summed E-state index contributed by atoms with van der Waals surface area (Å²) in [6.07, 6.45) is -0.0162. The van der Waals surface area contributed by atoms with Gasteiger partial charge in [0.25, 0.3) is 0 Å². The van der Waals surface area contributed by atoms with E-state index in [9.17, 15) is 17.6 Å². The van der Waals surface area contributed by atoms with Crippen LogP contribution in [-0.4, -0.2) is 25.7 Å². The first-order valence-corrected chi connectivity index (χ1v) is 7.21. The summed E-state index contributed by atoms with van der Waals surface area (Å²) in [5.74, 6) is -1.18. The van der Waals surface area contributed by atoms with E-state index in [2.05, 4.69) is 0 Å². The van der Waals surface area contributed by atoms with E-state index in [1.807, 2.05) is 0 Å². The molecule has 18 heavy (non-hydrogen) atoms. The van der Waals surface area contributed by atoms with Crippen LogP contribution in [0.15, 0.2) is 18.2 Å². The van der Waals surface area contributed by atoms with Crippen LogP contribution >= 0.6 is 10.7 Å². The maximum atomic E-state index is 13.5. The van der Waals surface area contributed by atoms with Gasteiger partial charge in [0.15, 0.2) is 11.6 Å². The van der Waals surface area contributed by atoms with Gasteiger partial charge in [-0.1, -0.05) is 6.07 Å². The van der Waals surface area contributed by atoms with E-state index in [1.54, 1.807) is 0 Å². The molecule has 1 fully saturated rings. The molecular weight excluding hydrogens is 285 g/mol. The van der Waals surface area contributed by atoms with E-state index >= 15 is 0 Å². The lowest BCUT2D eigenvalue weighted by Crippen LogP contribution is -2.47. The predicted octanol–water partition coefficient (Wildman–Crippen LogP) is 1.59. The van der Waals surface area contributed by atoms with Crippen molar-refractivity contribution in [1.29, 1.82) is 0 Å². The topological polar surface area (TPSA) is 63.7 Å². The van der Waals surface area contributed by atoms with Crippen molar-refractivity contribution in [1.82, 2.24) is 4.31 Å². The zero-order valence-electron chi connectivity index (χ0n) is 9.26. The number of rotatable bonds is 3. The summed E-state index contributed by atoms with van der Waals surface area (Å²) in [4.78, 5) is 11.2. The molecule has 1 aromatic carbocycles. The van der Waals surface area contributed by atoms with Gasteiger partial charge in [0.2, 0.25) is 5.91 Å². The molecule has 1 amide bonds. The Morgan fingerprint density at radius 1 is 1.50 bits per heavy atom. The monoisotopic (exact) mass is 293 g/mol. The van der Waals surface area contributed by atoms with Crippen molar-refractivity contribution in [3.63, 3.8) is 0 Å². The van der Waals surface area contributed by atoms with Crippen LogP contribution in [0.2, 0.25) is 0 Å². The summed E-state index contributed by atoms with van der Waals surface area (Å²) in [6, 6.07) is 3.24. The summed E-state index contributed by atoms with van der Waals surface area (Å²) in [7, 11) is 2.31. The summed E-state index contributed by atoms with van der Waals surface area (Å²) in [6.45, 7) is 0. The molecule has 1 aliphatic heterocycles. The normalized spacial score (nSPS) is 19.6. The zero-order valence-corrected chi connectivity index (χ0v) is 10.8. The molecule has 1 heterocycles. The molecule has 0 aliphatic carbocycles. The fourth-order valence-electron chi connectivity index (χ4n) is 1.82. The van der Waals surface area contributed by atoms with E-state index in [4.69, 9.17) is 15.4 Å². The minimum atomic E-state index is -4.14. The third-order valence-corrected chi connectivity index (χ3v) is 4.07. The Morgan fingerprint density at radius 3 is 2.61 bits per heavy atom. The number of nitrogens with zero attached hydrogens (tertiary/aromatic N) is 1. The lowest BCUT2D eigenvalue weighted by Gasteiger charge is -2.37. The first-order valence-electron chi connectivity index (χ1n) is 4.95. The Kier molecular flexibility index (Phi) is 3.20. The Bertz CT molecular complexity index is 604. The van der Waals surface area contributed by atoms with Gasteiger partial charge in [-0.3, -0.25) is 4.79 Å². The molecule has 0 radical (unpaired) electrons. The number of benzene rings is 1. The molecule has 0 spiro atoms. The number of halogens is 2. The van der Waals surface area contributed by atoms with Crippen molar-refractivity contribution in [2.45, 2.75) is 12.5 Å². The second-order valence-electron chi connectivity index (χ2n) is 3.75. The van der Waals surface area contributed by atoms with Crippen LogP contribution in [0.5, 0.6) is 5.75 Å². The zero-order chi connectivity index (χ0) is 13.5. The van der Waals surface area contributed by atoms with Gasteiger partial charge in [-0.15, -0.1) is 0 Å². The molecule has 1 unspecified atom stereocenters.